The van der Waals surface area contributed by atoms with Gasteiger partial charge in [-0.3, -0.25) is 5.32 Å². The van der Waals surface area contributed by atoms with Gasteiger partial charge in [0.1, 0.15) is 6.23 Å². The van der Waals surface area contributed by atoms with Gasteiger partial charge in [0.25, 0.3) is 0 Å². The summed E-state index contributed by atoms with van der Waals surface area (Å²) in [4.78, 5) is 0. The number of aliphatic hydroxyl groups excluding tert-OH is 1. The smallest absolute Gasteiger partial charge is 0.102 e. The molecular formula is C7H19NO. The monoisotopic (exact) mass is 133 g/mol. The minimum absolute atomic E-state index is 0. The highest BCUT2D eigenvalue weighted by Gasteiger charge is 2.00. The molecule has 0 heterocycles. The molecule has 0 aromatic rings. The predicted molar refractivity (Wildman–Crippen MR) is 41.3 cm³/mol. The van der Waals surface area contributed by atoms with Crippen LogP contribution in [0.4, 0.5) is 0 Å². The Bertz CT molecular complexity index is 68.6. The molecule has 58 valence electrons. The summed E-state index contributed by atoms with van der Waals surface area (Å²) in [5.74, 6) is 0. The summed E-state index contributed by atoms with van der Waals surface area (Å²) >= 11 is 0. The maximum atomic E-state index is 8.84. The maximum absolute atomic E-state index is 8.84. The summed E-state index contributed by atoms with van der Waals surface area (Å²) in [5.41, 5.74) is 0. The molecule has 0 spiro atoms. The Morgan fingerprint density at radius 3 is 2.44 bits per heavy atom. The highest BCUT2D eigenvalue weighted by atomic mass is 16.3. The van der Waals surface area contributed by atoms with Crippen LogP contribution < -0.4 is 5.32 Å². The van der Waals surface area contributed by atoms with Gasteiger partial charge in [-0.05, 0) is 20.3 Å². The lowest BCUT2D eigenvalue weighted by molar-refractivity contribution is 0.141. The van der Waals surface area contributed by atoms with E-state index in [0.717, 1.165) is 6.42 Å². The summed E-state index contributed by atoms with van der Waals surface area (Å²) in [5, 5.41) is 11.8. The Morgan fingerprint density at radius 1 is 1.56 bits per heavy atom. The van der Waals surface area contributed by atoms with Crippen molar-refractivity contribution in [3.63, 3.8) is 0 Å². The van der Waals surface area contributed by atoms with Crippen molar-refractivity contribution in [1.29, 1.82) is 0 Å². The summed E-state index contributed by atoms with van der Waals surface area (Å²) in [7, 11) is 0. The molecule has 2 N–H and O–H groups in total. The van der Waals surface area contributed by atoms with E-state index in [0.29, 0.717) is 6.04 Å². The van der Waals surface area contributed by atoms with Crippen molar-refractivity contribution in [2.45, 2.75) is 45.9 Å². The largest absolute Gasteiger partial charge is 0.379 e. The second-order valence-electron chi connectivity index (χ2n) is 2.53. The van der Waals surface area contributed by atoms with Crippen molar-refractivity contribution >= 4 is 0 Å². The van der Waals surface area contributed by atoms with Crippen molar-refractivity contribution in [3.05, 3.63) is 0 Å². The molecule has 0 fully saturated rings. The van der Waals surface area contributed by atoms with Crippen LogP contribution in [0.5, 0.6) is 0 Å². The molecule has 0 radical (unpaired) electrons. The fraction of sp³-hybridized carbons (Fsp3) is 1.00. The lowest BCUT2D eigenvalue weighted by atomic mass is 10.2. The molecule has 2 nitrogen and oxygen atoms in total. The van der Waals surface area contributed by atoms with Crippen LogP contribution in [0.25, 0.3) is 0 Å². The van der Waals surface area contributed by atoms with Gasteiger partial charge in [-0.1, -0.05) is 13.3 Å². The van der Waals surface area contributed by atoms with Crippen molar-refractivity contribution in [2.24, 2.45) is 0 Å². The van der Waals surface area contributed by atoms with E-state index >= 15 is 0 Å². The fourth-order valence-corrected chi connectivity index (χ4v) is 0.928. The number of hydrogen-bond acceptors (Lipinski definition) is 2. The number of hydrogen-bond donors (Lipinski definition) is 2. The summed E-state index contributed by atoms with van der Waals surface area (Å²) in [6.07, 6.45) is 1.93. The molecule has 0 saturated carbocycles. The predicted octanol–water partition coefficient (Wildman–Crippen LogP) is 1.35. The van der Waals surface area contributed by atoms with Crippen molar-refractivity contribution < 1.29 is 6.53 Å². The van der Waals surface area contributed by atoms with Crippen LogP contribution in [0.3, 0.4) is 0 Å². The normalized spacial score (nSPS) is 17.3. The molecule has 0 rings (SSSR count). The third-order valence-electron chi connectivity index (χ3n) is 1.25. The van der Waals surface area contributed by atoms with Gasteiger partial charge in [-0.25, -0.2) is 0 Å². The van der Waals surface area contributed by atoms with E-state index in [9.17, 15) is 0 Å². The fourth-order valence-electron chi connectivity index (χ4n) is 0.928. The standard InChI is InChI=1S/C7H17NO.H2/c1-4-5-6(2)8-7(3)9;/h6-9H,4-5H2,1-3H3;1H. The first-order valence-electron chi connectivity index (χ1n) is 3.61. The van der Waals surface area contributed by atoms with E-state index in [1.165, 1.54) is 6.42 Å². The Hall–Kier alpha value is -0.0800. The third kappa shape index (κ3) is 5.80. The first-order valence-corrected chi connectivity index (χ1v) is 3.61. The van der Waals surface area contributed by atoms with E-state index in [2.05, 4.69) is 19.2 Å². The SMILES string of the molecule is CCCC(C)NC(C)O.[HH]. The van der Waals surface area contributed by atoms with E-state index in [-0.39, 0.29) is 7.65 Å². The van der Waals surface area contributed by atoms with Crippen LogP contribution in [0.15, 0.2) is 0 Å². The van der Waals surface area contributed by atoms with Gasteiger partial charge in [0, 0.05) is 7.47 Å². The lowest BCUT2D eigenvalue weighted by Gasteiger charge is -2.14. The minimum Gasteiger partial charge on any atom is -0.379 e. The molecule has 2 heteroatoms. The van der Waals surface area contributed by atoms with Crippen molar-refractivity contribution in [2.75, 3.05) is 0 Å². The molecule has 0 amide bonds. The quantitative estimate of drug-likeness (QED) is 0.567. The molecule has 0 aromatic heterocycles. The van der Waals surface area contributed by atoms with Crippen LogP contribution in [0.1, 0.15) is 35.0 Å². The highest BCUT2D eigenvalue weighted by molar-refractivity contribution is 4.58. The number of aliphatic hydroxyl groups is 1. The zero-order valence-corrected chi connectivity index (χ0v) is 6.52. The molecular weight excluding hydrogens is 114 g/mol. The van der Waals surface area contributed by atoms with Gasteiger partial charge < -0.3 is 5.11 Å². The molecule has 0 bridgehead atoms. The van der Waals surface area contributed by atoms with Crippen LogP contribution in [0, 0.1) is 0 Å². The van der Waals surface area contributed by atoms with Gasteiger partial charge in [0.05, 0.1) is 0 Å². The lowest BCUT2D eigenvalue weighted by Crippen LogP contribution is -2.33. The molecule has 0 aliphatic heterocycles. The zero-order chi connectivity index (χ0) is 7.28. The van der Waals surface area contributed by atoms with Gasteiger partial charge in [-0.15, -0.1) is 0 Å². The summed E-state index contributed by atoms with van der Waals surface area (Å²) in [6.45, 7) is 5.96. The first kappa shape index (κ1) is 8.92. The summed E-state index contributed by atoms with van der Waals surface area (Å²) < 4.78 is 0. The van der Waals surface area contributed by atoms with Gasteiger partial charge in [0.15, 0.2) is 0 Å². The molecule has 2 unspecified atom stereocenters. The zero-order valence-electron chi connectivity index (χ0n) is 6.52. The van der Waals surface area contributed by atoms with Crippen LogP contribution in [-0.4, -0.2) is 17.4 Å². The van der Waals surface area contributed by atoms with Crippen molar-refractivity contribution in [1.82, 2.24) is 5.32 Å². The van der Waals surface area contributed by atoms with Crippen LogP contribution in [0.2, 0.25) is 0 Å². The second kappa shape index (κ2) is 4.77. The Morgan fingerprint density at radius 2 is 2.11 bits per heavy atom. The Kier molecular flexibility index (Phi) is 4.72. The van der Waals surface area contributed by atoms with E-state index < -0.39 is 0 Å². The average molecular weight is 133 g/mol. The van der Waals surface area contributed by atoms with Gasteiger partial charge in [-0.2, -0.15) is 0 Å². The Balaban J connectivity index is 0. The number of rotatable bonds is 4. The molecule has 0 saturated heterocycles. The van der Waals surface area contributed by atoms with Gasteiger partial charge >= 0.3 is 0 Å². The average Bonchev–Trinajstić information content (AvgIpc) is 1.63. The molecule has 0 aliphatic carbocycles. The third-order valence-corrected chi connectivity index (χ3v) is 1.25. The highest BCUT2D eigenvalue weighted by Crippen LogP contribution is 1.94. The maximum Gasteiger partial charge on any atom is 0.102 e. The molecule has 0 aromatic carbocycles. The molecule has 9 heavy (non-hydrogen) atoms. The minimum atomic E-state index is -0.369. The van der Waals surface area contributed by atoms with Crippen molar-refractivity contribution in [3.8, 4) is 0 Å². The van der Waals surface area contributed by atoms with Crippen LogP contribution >= 0.6 is 0 Å². The van der Waals surface area contributed by atoms with E-state index in [1.54, 1.807) is 6.92 Å². The topological polar surface area (TPSA) is 32.3 Å². The number of nitrogens with one attached hydrogen (secondary N) is 1. The molecule has 0 aliphatic rings. The Labute approximate surface area is 58.8 Å². The summed E-state index contributed by atoms with van der Waals surface area (Å²) in [6, 6.07) is 0.440. The van der Waals surface area contributed by atoms with Crippen LogP contribution in [-0.2, 0) is 0 Å². The van der Waals surface area contributed by atoms with Gasteiger partial charge in [0.2, 0.25) is 0 Å². The van der Waals surface area contributed by atoms with E-state index in [4.69, 9.17) is 5.11 Å². The first-order chi connectivity index (χ1) is 4.16. The van der Waals surface area contributed by atoms with E-state index in [1.807, 2.05) is 0 Å². The molecule has 2 atom stereocenters. The second-order valence-corrected chi connectivity index (χ2v) is 2.53.